The van der Waals surface area contributed by atoms with Crippen LogP contribution in [-0.2, 0) is 14.4 Å². The third-order valence-corrected chi connectivity index (χ3v) is 3.75. The molecule has 1 saturated heterocycles. The zero-order chi connectivity index (χ0) is 17.5. The summed E-state index contributed by atoms with van der Waals surface area (Å²) in [6.07, 6.45) is 0.194. The average Bonchev–Trinajstić information content (AvgIpc) is 2.94. The van der Waals surface area contributed by atoms with Gasteiger partial charge in [0.2, 0.25) is 17.7 Å². The molecular weight excluding hydrogens is 310 g/mol. The quantitative estimate of drug-likeness (QED) is 0.719. The van der Waals surface area contributed by atoms with E-state index in [2.05, 4.69) is 10.6 Å². The summed E-state index contributed by atoms with van der Waals surface area (Å²) in [6, 6.07) is 7.26. The first-order valence-electron chi connectivity index (χ1n) is 8.06. The second-order valence-corrected chi connectivity index (χ2v) is 5.61. The lowest BCUT2D eigenvalue weighted by Gasteiger charge is -2.17. The predicted octanol–water partition coefficient (Wildman–Crippen LogP) is 0.690. The molecule has 130 valence electrons. The van der Waals surface area contributed by atoms with Crippen molar-refractivity contribution < 1.29 is 19.1 Å². The number of carbonyl (C=O) groups is 3. The molecule has 0 saturated carbocycles. The summed E-state index contributed by atoms with van der Waals surface area (Å²) in [5.41, 5.74) is 0.761. The Hall–Kier alpha value is -2.57. The van der Waals surface area contributed by atoms with Crippen LogP contribution in [0, 0.1) is 5.92 Å². The van der Waals surface area contributed by atoms with Crippen molar-refractivity contribution in [1.29, 1.82) is 0 Å². The first-order chi connectivity index (χ1) is 11.5. The molecular formula is C17H23N3O4. The van der Waals surface area contributed by atoms with Gasteiger partial charge in [0.1, 0.15) is 5.75 Å². The van der Waals surface area contributed by atoms with E-state index in [1.54, 1.807) is 4.90 Å². The molecule has 0 spiro atoms. The standard InChI is InChI=1S/C17H23N3O4/c1-3-24-15-6-4-14(5-7-15)20-11-13(10-16(20)22)17(23)19-9-8-18-12(2)21/h4-7,13H,3,8-11H2,1-2H3,(H,18,21)(H,19,23)/t13-/m0/s1. The molecule has 1 fully saturated rings. The Morgan fingerprint density at radius 3 is 2.50 bits per heavy atom. The second-order valence-electron chi connectivity index (χ2n) is 5.61. The van der Waals surface area contributed by atoms with Crippen molar-refractivity contribution >= 4 is 23.4 Å². The van der Waals surface area contributed by atoms with E-state index >= 15 is 0 Å². The maximum Gasteiger partial charge on any atom is 0.227 e. The van der Waals surface area contributed by atoms with Crippen LogP contribution in [0.2, 0.25) is 0 Å². The summed E-state index contributed by atoms with van der Waals surface area (Å²) >= 11 is 0. The summed E-state index contributed by atoms with van der Waals surface area (Å²) in [5.74, 6) is 0.00633. The van der Waals surface area contributed by atoms with E-state index in [1.807, 2.05) is 31.2 Å². The number of hydrogen-bond acceptors (Lipinski definition) is 4. The van der Waals surface area contributed by atoms with Crippen LogP contribution in [0.5, 0.6) is 5.75 Å². The number of nitrogens with zero attached hydrogens (tertiary/aromatic N) is 1. The molecule has 1 aromatic carbocycles. The van der Waals surface area contributed by atoms with Gasteiger partial charge in [-0.05, 0) is 31.2 Å². The van der Waals surface area contributed by atoms with Crippen molar-refractivity contribution in [3.63, 3.8) is 0 Å². The Kier molecular flexibility index (Phi) is 6.17. The molecule has 1 heterocycles. The van der Waals surface area contributed by atoms with E-state index in [-0.39, 0.29) is 30.1 Å². The van der Waals surface area contributed by atoms with Gasteiger partial charge in [0.05, 0.1) is 12.5 Å². The fourth-order valence-electron chi connectivity index (χ4n) is 2.59. The molecule has 0 radical (unpaired) electrons. The fraction of sp³-hybridized carbons (Fsp3) is 0.471. The van der Waals surface area contributed by atoms with Gasteiger partial charge in [0, 0.05) is 38.7 Å². The van der Waals surface area contributed by atoms with Crippen molar-refractivity contribution in [2.45, 2.75) is 20.3 Å². The second kappa shape index (κ2) is 8.33. The first-order valence-corrected chi connectivity index (χ1v) is 8.06. The molecule has 0 aromatic heterocycles. The maximum atomic E-state index is 12.2. The molecule has 0 bridgehead atoms. The molecule has 7 nitrogen and oxygen atoms in total. The number of ether oxygens (including phenoxy) is 1. The Morgan fingerprint density at radius 1 is 1.21 bits per heavy atom. The lowest BCUT2D eigenvalue weighted by atomic mass is 10.1. The third kappa shape index (κ3) is 4.71. The van der Waals surface area contributed by atoms with Crippen molar-refractivity contribution in [2.75, 3.05) is 31.1 Å². The smallest absolute Gasteiger partial charge is 0.227 e. The number of anilines is 1. The highest BCUT2D eigenvalue weighted by molar-refractivity contribution is 6.00. The molecule has 24 heavy (non-hydrogen) atoms. The van der Waals surface area contributed by atoms with Gasteiger partial charge >= 0.3 is 0 Å². The van der Waals surface area contributed by atoms with Crippen molar-refractivity contribution in [1.82, 2.24) is 10.6 Å². The van der Waals surface area contributed by atoms with Crippen LogP contribution < -0.4 is 20.3 Å². The van der Waals surface area contributed by atoms with E-state index in [4.69, 9.17) is 4.74 Å². The van der Waals surface area contributed by atoms with Crippen LogP contribution in [0.15, 0.2) is 24.3 Å². The minimum absolute atomic E-state index is 0.0684. The van der Waals surface area contributed by atoms with E-state index in [0.29, 0.717) is 26.2 Å². The topological polar surface area (TPSA) is 87.7 Å². The Morgan fingerprint density at radius 2 is 1.88 bits per heavy atom. The van der Waals surface area contributed by atoms with E-state index < -0.39 is 0 Å². The molecule has 0 aliphatic carbocycles. The number of carbonyl (C=O) groups excluding carboxylic acids is 3. The van der Waals surface area contributed by atoms with Crippen LogP contribution in [0.25, 0.3) is 0 Å². The highest BCUT2D eigenvalue weighted by Crippen LogP contribution is 2.26. The van der Waals surface area contributed by atoms with Gasteiger partial charge in [0.15, 0.2) is 0 Å². The minimum Gasteiger partial charge on any atom is -0.494 e. The first kappa shape index (κ1) is 17.8. The molecule has 2 N–H and O–H groups in total. The lowest BCUT2D eigenvalue weighted by Crippen LogP contribution is -2.37. The molecule has 1 atom stereocenters. The Labute approximate surface area is 141 Å². The molecule has 1 aliphatic heterocycles. The van der Waals surface area contributed by atoms with Crippen LogP contribution in [0.1, 0.15) is 20.3 Å². The molecule has 7 heteroatoms. The molecule has 3 amide bonds. The summed E-state index contributed by atoms with van der Waals surface area (Å²) < 4.78 is 5.38. The Balaban J connectivity index is 1.88. The zero-order valence-electron chi connectivity index (χ0n) is 14.0. The average molecular weight is 333 g/mol. The maximum absolute atomic E-state index is 12.2. The van der Waals surface area contributed by atoms with Crippen LogP contribution >= 0.6 is 0 Å². The van der Waals surface area contributed by atoms with Crippen molar-refractivity contribution in [2.24, 2.45) is 5.92 Å². The van der Waals surface area contributed by atoms with E-state index in [0.717, 1.165) is 11.4 Å². The lowest BCUT2D eigenvalue weighted by molar-refractivity contribution is -0.126. The number of nitrogens with one attached hydrogen (secondary N) is 2. The van der Waals surface area contributed by atoms with Gasteiger partial charge in [-0.3, -0.25) is 14.4 Å². The van der Waals surface area contributed by atoms with Crippen molar-refractivity contribution in [3.8, 4) is 5.75 Å². The minimum atomic E-state index is -0.374. The molecule has 1 aliphatic rings. The number of amides is 3. The van der Waals surface area contributed by atoms with Gasteiger partial charge in [0.25, 0.3) is 0 Å². The third-order valence-electron chi connectivity index (χ3n) is 3.75. The van der Waals surface area contributed by atoms with Gasteiger partial charge < -0.3 is 20.3 Å². The molecule has 1 aromatic rings. The fourth-order valence-corrected chi connectivity index (χ4v) is 2.59. The number of benzene rings is 1. The largest absolute Gasteiger partial charge is 0.494 e. The van der Waals surface area contributed by atoms with Crippen molar-refractivity contribution in [3.05, 3.63) is 24.3 Å². The predicted molar refractivity (Wildman–Crippen MR) is 89.8 cm³/mol. The summed E-state index contributed by atoms with van der Waals surface area (Å²) in [7, 11) is 0. The monoisotopic (exact) mass is 333 g/mol. The van der Waals surface area contributed by atoms with E-state index in [1.165, 1.54) is 6.92 Å². The van der Waals surface area contributed by atoms with Gasteiger partial charge in [-0.15, -0.1) is 0 Å². The summed E-state index contributed by atoms with van der Waals surface area (Å²) in [6.45, 7) is 5.01. The normalized spacial score (nSPS) is 16.8. The van der Waals surface area contributed by atoms with Gasteiger partial charge in [-0.25, -0.2) is 0 Å². The van der Waals surface area contributed by atoms with Gasteiger partial charge in [-0.2, -0.15) is 0 Å². The van der Waals surface area contributed by atoms with E-state index in [9.17, 15) is 14.4 Å². The highest BCUT2D eigenvalue weighted by Gasteiger charge is 2.34. The van der Waals surface area contributed by atoms with Crippen LogP contribution in [-0.4, -0.2) is 44.0 Å². The summed E-state index contributed by atoms with van der Waals surface area (Å²) in [4.78, 5) is 36.7. The molecule has 2 rings (SSSR count). The number of hydrogen-bond donors (Lipinski definition) is 2. The SMILES string of the molecule is CCOc1ccc(N2C[C@@H](C(=O)NCCNC(C)=O)CC2=O)cc1. The summed E-state index contributed by atoms with van der Waals surface area (Å²) in [5, 5.41) is 5.35. The number of rotatable bonds is 7. The highest BCUT2D eigenvalue weighted by atomic mass is 16.5. The molecule has 0 unspecified atom stereocenters. The van der Waals surface area contributed by atoms with Crippen LogP contribution in [0.3, 0.4) is 0 Å². The zero-order valence-corrected chi connectivity index (χ0v) is 14.0. The van der Waals surface area contributed by atoms with Gasteiger partial charge in [-0.1, -0.05) is 0 Å². The Bertz CT molecular complexity index is 600. The van der Waals surface area contributed by atoms with Crippen LogP contribution in [0.4, 0.5) is 5.69 Å².